The zero-order chi connectivity index (χ0) is 74.6. The van der Waals surface area contributed by atoms with Gasteiger partial charge in [-0.3, -0.25) is 14.7 Å². The molecule has 1 unspecified atom stereocenters. The Hall–Kier alpha value is -11.3. The fourth-order valence-corrected chi connectivity index (χ4v) is 16.1. The number of urea groups is 3. The van der Waals surface area contributed by atoms with E-state index in [1.54, 1.807) is 103 Å². The summed E-state index contributed by atoms with van der Waals surface area (Å²) in [6.07, 6.45) is 0.240. The number of rotatable bonds is 9. The summed E-state index contributed by atoms with van der Waals surface area (Å²) in [5.74, 6) is 0.501. The third-order valence-electron chi connectivity index (χ3n) is 21.6. The van der Waals surface area contributed by atoms with E-state index in [-0.39, 0.29) is 75.1 Å². The van der Waals surface area contributed by atoms with Gasteiger partial charge in [0.1, 0.15) is 17.5 Å². The molecule has 108 heavy (non-hydrogen) atoms. The van der Waals surface area contributed by atoms with Gasteiger partial charge in [-0.2, -0.15) is 39.5 Å². The number of fused-ring (bicyclic) bond motifs is 12. The number of amides is 6. The van der Waals surface area contributed by atoms with Crippen molar-refractivity contribution in [2.75, 3.05) is 139 Å². The van der Waals surface area contributed by atoms with E-state index in [4.69, 9.17) is 28.2 Å². The maximum Gasteiger partial charge on any atom is 0.393 e. The minimum atomic E-state index is -4.23. The van der Waals surface area contributed by atoms with Crippen LogP contribution in [0.4, 0.5) is 123 Å². The molecule has 9 aliphatic heterocycles. The Labute approximate surface area is 613 Å². The van der Waals surface area contributed by atoms with Gasteiger partial charge in [0.25, 0.3) is 0 Å². The van der Waals surface area contributed by atoms with Crippen LogP contribution in [0.1, 0.15) is 57.8 Å². The highest BCUT2D eigenvalue weighted by atomic mass is 19.4. The predicted molar refractivity (Wildman–Crippen MR) is 388 cm³/mol. The van der Waals surface area contributed by atoms with Crippen molar-refractivity contribution in [3.63, 3.8) is 0 Å². The summed E-state index contributed by atoms with van der Waals surface area (Å²) in [5.41, 5.74) is 6.58. The number of hydrogen-bond donors (Lipinski definition) is 3. The van der Waals surface area contributed by atoms with Gasteiger partial charge >= 0.3 is 36.6 Å². The van der Waals surface area contributed by atoms with E-state index in [0.29, 0.717) is 128 Å². The lowest BCUT2D eigenvalue weighted by atomic mass is 9.97. The number of aromatic nitrogens is 6. The molecule has 24 nitrogen and oxygen atoms in total. The first-order valence-electron chi connectivity index (χ1n) is 36.1. The summed E-state index contributed by atoms with van der Waals surface area (Å²) >= 11 is 0. The van der Waals surface area contributed by atoms with E-state index in [2.05, 4.69) is 45.6 Å². The maximum atomic E-state index is 13.5. The van der Waals surface area contributed by atoms with Gasteiger partial charge in [-0.05, 0) is 131 Å². The van der Waals surface area contributed by atoms with Crippen LogP contribution < -0.4 is 60.0 Å². The van der Waals surface area contributed by atoms with Gasteiger partial charge in [0.05, 0.1) is 71.5 Å². The first-order valence-corrected chi connectivity index (χ1v) is 36.1. The van der Waals surface area contributed by atoms with Crippen LogP contribution in [0.15, 0.2) is 160 Å². The monoisotopic (exact) mass is 1490 g/mol. The lowest BCUT2D eigenvalue weighted by molar-refractivity contribution is -0.176. The SMILES string of the molecule is O=C(Nc1cccc(-c2cnco2)c1)N1c2nc(N3CCCC(C(F)(F)F)C3)ccc2N2CC[C@H]1C2.O=C(Nc1cccc(-c2cnco2)c1)N1c2nc(N3CCC[C@@H](C(F)(F)F)C3)ccc2N2CC[C@H]1C2.O=C(Nc1cccc(-c2cnco2)c1)N1c2nc(N3CCC[C@H](C(F)(F)F)C3)ccc2N2CC[C@H]1C2. The summed E-state index contributed by atoms with van der Waals surface area (Å²) in [6, 6.07) is 31.6. The van der Waals surface area contributed by atoms with Crippen LogP contribution >= 0.6 is 0 Å². The molecule has 9 aromatic rings. The van der Waals surface area contributed by atoms with Crippen LogP contribution in [0.2, 0.25) is 0 Å². The largest absolute Gasteiger partial charge is 0.444 e. The highest BCUT2D eigenvalue weighted by Gasteiger charge is 2.48. The van der Waals surface area contributed by atoms with Gasteiger partial charge in [-0.1, -0.05) is 36.4 Å². The molecule has 3 N–H and O–H groups in total. The second-order valence-corrected chi connectivity index (χ2v) is 28.4. The topological polar surface area (TPSA) is 233 Å². The van der Waals surface area contributed by atoms with Crippen molar-refractivity contribution in [1.82, 2.24) is 29.9 Å². The van der Waals surface area contributed by atoms with Crippen LogP contribution in [0.5, 0.6) is 0 Å². The van der Waals surface area contributed by atoms with Crippen LogP contribution in [0.3, 0.4) is 0 Å². The van der Waals surface area contributed by atoms with E-state index < -0.39 is 36.3 Å². The van der Waals surface area contributed by atoms with Crippen LogP contribution in [0.25, 0.3) is 34.0 Å². The summed E-state index contributed by atoms with van der Waals surface area (Å²) in [7, 11) is 0. The lowest BCUT2D eigenvalue weighted by Crippen LogP contribution is -2.48. The van der Waals surface area contributed by atoms with Gasteiger partial charge in [-0.25, -0.2) is 44.3 Å². The molecule has 15 heterocycles. The number of oxazole rings is 3. The minimum absolute atomic E-state index is 0.0676. The summed E-state index contributed by atoms with van der Waals surface area (Å²) in [4.78, 5) is 83.3. The Morgan fingerprint density at radius 1 is 0.361 bits per heavy atom. The molecule has 0 saturated carbocycles. The molecule has 3 aromatic carbocycles. The highest BCUT2D eigenvalue weighted by Crippen LogP contribution is 2.47. The number of anilines is 12. The fraction of sp³-hybridized carbons (Fsp3) is 0.400. The van der Waals surface area contributed by atoms with Crippen molar-refractivity contribution in [3.05, 3.63) is 147 Å². The molecule has 6 bridgehead atoms. The zero-order valence-corrected chi connectivity index (χ0v) is 58.2. The Balaban J connectivity index is 0.000000124. The van der Waals surface area contributed by atoms with E-state index in [1.807, 2.05) is 54.6 Å². The van der Waals surface area contributed by atoms with Gasteiger partial charge in [0.15, 0.2) is 53.9 Å². The highest BCUT2D eigenvalue weighted by molar-refractivity contribution is 6.07. The Kier molecular flexibility index (Phi) is 19.1. The van der Waals surface area contributed by atoms with E-state index >= 15 is 0 Å². The van der Waals surface area contributed by atoms with Crippen LogP contribution in [0, 0.1) is 17.8 Å². The molecule has 18 rings (SSSR count). The van der Waals surface area contributed by atoms with E-state index in [9.17, 15) is 53.9 Å². The first-order chi connectivity index (χ1) is 52.1. The predicted octanol–water partition coefficient (Wildman–Crippen LogP) is 15.4. The second kappa shape index (κ2) is 29.1. The molecular weight excluding hydrogens is 1420 g/mol. The molecule has 0 spiro atoms. The normalized spacial score (nSPS) is 21.5. The van der Waals surface area contributed by atoms with Crippen molar-refractivity contribution in [3.8, 4) is 34.0 Å². The average molecular weight is 1500 g/mol. The second-order valence-electron chi connectivity index (χ2n) is 28.4. The standard InChI is InChI=1S/3C25H25F3N6O2/c3*26-25(27,28)17-4-2-9-33(13-17)22-7-6-20-23(31-22)34(19-8-10-32(20)14-19)24(35)30-18-5-1-3-16(11-18)21-12-29-15-36-21/h3*1,3,5-7,11-12,15,17,19H,2,4,8-10,13-14H2,(H,30,35)/t17?,19-;17-,19+;17-,19-/m010/s1. The molecular formula is C75H75F9N18O6. The summed E-state index contributed by atoms with van der Waals surface area (Å²) in [5, 5.41) is 8.90. The molecule has 0 radical (unpaired) electrons. The number of halogens is 9. The fourth-order valence-electron chi connectivity index (χ4n) is 16.1. The molecule has 6 aromatic heterocycles. The maximum absolute atomic E-state index is 13.5. The third-order valence-corrected chi connectivity index (χ3v) is 21.6. The van der Waals surface area contributed by atoms with E-state index in [0.717, 1.165) is 72.6 Å². The Bertz CT molecular complexity index is 4260. The molecule has 564 valence electrons. The number of hydrogen-bond acceptors (Lipinski definition) is 18. The molecule has 33 heteroatoms. The molecule has 6 fully saturated rings. The number of nitrogens with zero attached hydrogens (tertiary/aromatic N) is 15. The van der Waals surface area contributed by atoms with Gasteiger partial charge in [0.2, 0.25) is 0 Å². The van der Waals surface area contributed by atoms with Crippen molar-refractivity contribution < 1.29 is 67.1 Å². The van der Waals surface area contributed by atoms with Crippen LogP contribution in [-0.4, -0.2) is 163 Å². The van der Waals surface area contributed by atoms with Crippen molar-refractivity contribution in [1.29, 1.82) is 0 Å². The Morgan fingerprint density at radius 3 is 0.926 bits per heavy atom. The Morgan fingerprint density at radius 2 is 0.657 bits per heavy atom. The minimum Gasteiger partial charge on any atom is -0.444 e. The number of alkyl halides is 9. The van der Waals surface area contributed by atoms with Gasteiger partial charge in [0, 0.05) is 112 Å². The number of pyridine rings is 3. The number of carbonyl (C=O) groups is 3. The van der Waals surface area contributed by atoms with Gasteiger partial charge in [-0.15, -0.1) is 0 Å². The third kappa shape index (κ3) is 14.7. The lowest BCUT2D eigenvalue weighted by Gasteiger charge is -2.38. The molecule has 9 aliphatic rings. The van der Waals surface area contributed by atoms with E-state index in [1.165, 1.54) is 19.2 Å². The number of carbonyl (C=O) groups excluding carboxylic acids is 3. The first kappa shape index (κ1) is 71.0. The summed E-state index contributed by atoms with van der Waals surface area (Å²) < 4.78 is 137. The van der Waals surface area contributed by atoms with Crippen molar-refractivity contribution in [2.45, 2.75) is 94.4 Å². The molecule has 0 aliphatic carbocycles. The smallest absolute Gasteiger partial charge is 0.393 e. The number of piperidine rings is 3. The van der Waals surface area contributed by atoms with Gasteiger partial charge < -0.3 is 58.6 Å². The molecule has 6 saturated heterocycles. The zero-order valence-electron chi connectivity index (χ0n) is 58.2. The summed E-state index contributed by atoms with van der Waals surface area (Å²) in [6.45, 7) is 5.62. The van der Waals surface area contributed by atoms with Crippen molar-refractivity contribution in [2.24, 2.45) is 17.8 Å². The van der Waals surface area contributed by atoms with Crippen LogP contribution in [-0.2, 0) is 0 Å². The number of benzene rings is 3. The molecule has 6 atom stereocenters. The van der Waals surface area contributed by atoms with Crippen molar-refractivity contribution >= 4 is 87.1 Å². The average Bonchev–Trinajstić information content (AvgIpc) is 1.58. The quantitative estimate of drug-likeness (QED) is 0.114. The molecule has 6 amide bonds. The number of nitrogens with one attached hydrogen (secondary N) is 3.